The lowest BCUT2D eigenvalue weighted by molar-refractivity contribution is 0.935. The molecule has 2 aromatic heterocycles. The van der Waals surface area contributed by atoms with Crippen LogP contribution in [0.5, 0.6) is 0 Å². The number of aromatic nitrogens is 3. The molecule has 5 heteroatoms. The van der Waals surface area contributed by atoms with E-state index in [0.717, 1.165) is 5.82 Å². The van der Waals surface area contributed by atoms with Crippen molar-refractivity contribution in [2.75, 3.05) is 5.73 Å². The van der Waals surface area contributed by atoms with Gasteiger partial charge in [0.25, 0.3) is 0 Å². The van der Waals surface area contributed by atoms with Crippen LogP contribution < -0.4 is 5.73 Å². The van der Waals surface area contributed by atoms with E-state index < -0.39 is 0 Å². The normalized spacial score (nSPS) is 10.9. The second-order valence-corrected chi connectivity index (χ2v) is 4.46. The van der Waals surface area contributed by atoms with Crippen molar-refractivity contribution in [1.29, 1.82) is 0 Å². The molecule has 1 aromatic carbocycles. The highest BCUT2D eigenvalue weighted by Crippen LogP contribution is 2.23. The fourth-order valence-corrected chi connectivity index (χ4v) is 2.04. The summed E-state index contributed by atoms with van der Waals surface area (Å²) in [6, 6.07) is 11.9. The third-order valence-electron chi connectivity index (χ3n) is 2.84. The maximum Gasteiger partial charge on any atom is 0.185 e. The summed E-state index contributed by atoms with van der Waals surface area (Å²) in [6.45, 7) is 0. The van der Waals surface area contributed by atoms with Gasteiger partial charge < -0.3 is 5.73 Å². The Bertz CT molecular complexity index is 691. The number of rotatable bonds is 2. The Kier molecular flexibility index (Phi) is 2.64. The predicted octanol–water partition coefficient (Wildman–Crippen LogP) is 2.56. The molecule has 0 bridgehead atoms. The molecule has 3 aromatic rings. The molecule has 18 heavy (non-hydrogen) atoms. The number of hydrogen-bond donors (Lipinski definition) is 1. The molecule has 0 saturated carbocycles. The van der Waals surface area contributed by atoms with Crippen molar-refractivity contribution >= 4 is 22.9 Å². The molecule has 4 nitrogen and oxygen atoms in total. The molecule has 2 heterocycles. The molecule has 0 fully saturated rings. The van der Waals surface area contributed by atoms with E-state index in [1.54, 1.807) is 6.07 Å². The van der Waals surface area contributed by atoms with Crippen molar-refractivity contribution in [1.82, 2.24) is 14.6 Å². The summed E-state index contributed by atoms with van der Waals surface area (Å²) >= 11 is 5.95. The first-order chi connectivity index (χ1) is 8.75. The van der Waals surface area contributed by atoms with Gasteiger partial charge in [-0.15, -0.1) is 10.2 Å². The van der Waals surface area contributed by atoms with Gasteiger partial charge in [0.05, 0.1) is 10.7 Å². The number of hydrogen-bond acceptors (Lipinski definition) is 3. The summed E-state index contributed by atoms with van der Waals surface area (Å²) in [7, 11) is 0. The van der Waals surface area contributed by atoms with E-state index in [0.29, 0.717) is 22.8 Å². The predicted molar refractivity (Wildman–Crippen MR) is 71.7 cm³/mol. The van der Waals surface area contributed by atoms with Crippen LogP contribution in [0.2, 0.25) is 5.02 Å². The topological polar surface area (TPSA) is 56.2 Å². The Balaban J connectivity index is 2.06. The summed E-state index contributed by atoms with van der Waals surface area (Å²) in [4.78, 5) is 0. The van der Waals surface area contributed by atoms with Crippen molar-refractivity contribution in [3.63, 3.8) is 0 Å². The SMILES string of the molecule is Nc1c(Cl)ccn2c(Cc3ccccc3)nnc12. The highest BCUT2D eigenvalue weighted by molar-refractivity contribution is 6.33. The van der Waals surface area contributed by atoms with Crippen molar-refractivity contribution in [3.05, 3.63) is 59.0 Å². The molecule has 0 unspecified atom stereocenters. The minimum atomic E-state index is 0.464. The van der Waals surface area contributed by atoms with Gasteiger partial charge in [0.15, 0.2) is 5.65 Å². The van der Waals surface area contributed by atoms with Gasteiger partial charge in [0.1, 0.15) is 5.82 Å². The zero-order chi connectivity index (χ0) is 12.5. The maximum absolute atomic E-state index is 5.95. The number of fused-ring (bicyclic) bond motifs is 1. The fourth-order valence-electron chi connectivity index (χ4n) is 1.90. The van der Waals surface area contributed by atoms with Gasteiger partial charge in [-0.2, -0.15) is 0 Å². The zero-order valence-corrected chi connectivity index (χ0v) is 10.3. The number of nitrogen functional groups attached to an aromatic ring is 1. The zero-order valence-electron chi connectivity index (χ0n) is 9.55. The number of benzene rings is 1. The van der Waals surface area contributed by atoms with Crippen LogP contribution in [0.1, 0.15) is 11.4 Å². The molecule has 0 saturated heterocycles. The summed E-state index contributed by atoms with van der Waals surface area (Å²) in [5.74, 6) is 0.847. The Labute approximate surface area is 109 Å². The molecule has 0 radical (unpaired) electrons. The van der Waals surface area contributed by atoms with Gasteiger partial charge in [0.2, 0.25) is 0 Å². The van der Waals surface area contributed by atoms with Crippen molar-refractivity contribution in [2.24, 2.45) is 0 Å². The first-order valence-electron chi connectivity index (χ1n) is 5.57. The highest BCUT2D eigenvalue weighted by Gasteiger charge is 2.10. The van der Waals surface area contributed by atoms with E-state index in [2.05, 4.69) is 22.3 Å². The van der Waals surface area contributed by atoms with E-state index in [4.69, 9.17) is 17.3 Å². The third-order valence-corrected chi connectivity index (χ3v) is 3.17. The molecule has 0 spiro atoms. The highest BCUT2D eigenvalue weighted by atomic mass is 35.5. The Hall–Kier alpha value is -2.07. The van der Waals surface area contributed by atoms with Gasteiger partial charge in [-0.05, 0) is 11.6 Å². The lowest BCUT2D eigenvalue weighted by atomic mass is 10.1. The largest absolute Gasteiger partial charge is 0.394 e. The van der Waals surface area contributed by atoms with Crippen molar-refractivity contribution in [3.8, 4) is 0 Å². The molecule has 0 aliphatic heterocycles. The fraction of sp³-hybridized carbons (Fsp3) is 0.0769. The molecule has 2 N–H and O–H groups in total. The van der Waals surface area contributed by atoms with Crippen LogP contribution in [0.4, 0.5) is 5.69 Å². The van der Waals surface area contributed by atoms with Gasteiger partial charge in [-0.3, -0.25) is 4.40 Å². The smallest absolute Gasteiger partial charge is 0.185 e. The van der Waals surface area contributed by atoms with Crippen LogP contribution in [0.15, 0.2) is 42.6 Å². The number of nitrogens with zero attached hydrogens (tertiary/aromatic N) is 3. The number of halogens is 1. The Morgan fingerprint density at radius 2 is 1.89 bits per heavy atom. The molecular weight excluding hydrogens is 248 g/mol. The third kappa shape index (κ3) is 1.80. The summed E-state index contributed by atoms with van der Waals surface area (Å²) in [6.07, 6.45) is 2.55. The van der Waals surface area contributed by atoms with E-state index in [1.807, 2.05) is 28.8 Å². The average Bonchev–Trinajstić information content (AvgIpc) is 2.79. The molecule has 90 valence electrons. The lowest BCUT2D eigenvalue weighted by Crippen LogP contribution is -1.98. The lowest BCUT2D eigenvalue weighted by Gasteiger charge is -2.02. The number of anilines is 1. The monoisotopic (exact) mass is 258 g/mol. The molecule has 0 atom stereocenters. The Morgan fingerprint density at radius 3 is 2.67 bits per heavy atom. The van der Waals surface area contributed by atoms with Crippen molar-refractivity contribution < 1.29 is 0 Å². The second kappa shape index (κ2) is 4.31. The first-order valence-corrected chi connectivity index (χ1v) is 5.95. The van der Waals surface area contributed by atoms with E-state index >= 15 is 0 Å². The van der Waals surface area contributed by atoms with Crippen LogP contribution in [-0.2, 0) is 6.42 Å². The minimum absolute atomic E-state index is 0.464. The van der Waals surface area contributed by atoms with Crippen LogP contribution in [-0.4, -0.2) is 14.6 Å². The molecule has 0 aliphatic carbocycles. The average molecular weight is 259 g/mol. The standard InChI is InChI=1S/C13H11ClN4/c14-10-6-7-18-11(16-17-13(18)12(10)15)8-9-4-2-1-3-5-9/h1-7H,8,15H2. The van der Waals surface area contributed by atoms with Crippen LogP contribution in [0.25, 0.3) is 5.65 Å². The van der Waals surface area contributed by atoms with Crippen LogP contribution in [0, 0.1) is 0 Å². The second-order valence-electron chi connectivity index (χ2n) is 4.05. The van der Waals surface area contributed by atoms with Gasteiger partial charge in [0, 0.05) is 12.6 Å². The number of nitrogens with two attached hydrogens (primary N) is 1. The quantitative estimate of drug-likeness (QED) is 0.769. The number of pyridine rings is 1. The Morgan fingerprint density at radius 1 is 1.11 bits per heavy atom. The van der Waals surface area contributed by atoms with E-state index in [-0.39, 0.29) is 0 Å². The molecular formula is C13H11ClN4. The maximum atomic E-state index is 5.95. The summed E-state index contributed by atoms with van der Waals surface area (Å²) in [5.41, 5.74) is 8.12. The van der Waals surface area contributed by atoms with Gasteiger partial charge in [-0.1, -0.05) is 41.9 Å². The van der Waals surface area contributed by atoms with Crippen LogP contribution >= 0.6 is 11.6 Å². The van der Waals surface area contributed by atoms with Crippen molar-refractivity contribution in [2.45, 2.75) is 6.42 Å². The molecule has 3 rings (SSSR count). The summed E-state index contributed by atoms with van der Waals surface area (Å²) in [5, 5.41) is 8.75. The van der Waals surface area contributed by atoms with Gasteiger partial charge in [-0.25, -0.2) is 0 Å². The first kappa shape index (κ1) is 11.0. The minimum Gasteiger partial charge on any atom is -0.394 e. The van der Waals surface area contributed by atoms with Gasteiger partial charge >= 0.3 is 0 Å². The van der Waals surface area contributed by atoms with E-state index in [1.165, 1.54) is 5.56 Å². The summed E-state index contributed by atoms with van der Waals surface area (Å²) < 4.78 is 1.87. The van der Waals surface area contributed by atoms with E-state index in [9.17, 15) is 0 Å². The van der Waals surface area contributed by atoms with Crippen LogP contribution in [0.3, 0.4) is 0 Å². The molecule has 0 aliphatic rings. The molecule has 0 amide bonds.